The highest BCUT2D eigenvalue weighted by Crippen LogP contribution is 2.30. The maximum atomic E-state index is 12.5. The molecule has 1 N–H and O–H groups in total. The fourth-order valence-corrected chi connectivity index (χ4v) is 3.30. The second-order valence-corrected chi connectivity index (χ2v) is 7.52. The molecule has 0 aliphatic carbocycles. The predicted molar refractivity (Wildman–Crippen MR) is 110 cm³/mol. The van der Waals surface area contributed by atoms with Crippen molar-refractivity contribution in [3.63, 3.8) is 0 Å². The molecule has 2 aromatic carbocycles. The van der Waals surface area contributed by atoms with Gasteiger partial charge in [-0.2, -0.15) is 0 Å². The molecule has 1 heterocycles. The molecule has 142 valence electrons. The Labute approximate surface area is 166 Å². The average Bonchev–Trinajstić information content (AvgIpc) is 2.65. The SMILES string of the molecule is Cc1cc(NC(=O)c2ccc(N3CCN(C)CC3)c([N+](=O)[O-])c2)ccc1Br. The van der Waals surface area contributed by atoms with Crippen molar-refractivity contribution >= 4 is 38.9 Å². The monoisotopic (exact) mass is 432 g/mol. The van der Waals surface area contributed by atoms with Gasteiger partial charge in [0, 0.05) is 48.0 Å². The number of rotatable bonds is 4. The number of likely N-dealkylation sites (N-methyl/N-ethyl adjacent to an activating group) is 1. The Morgan fingerprint density at radius 1 is 1.15 bits per heavy atom. The van der Waals surface area contributed by atoms with Crippen LogP contribution in [0.2, 0.25) is 0 Å². The molecule has 0 aromatic heterocycles. The van der Waals surface area contributed by atoms with Crippen LogP contribution in [-0.4, -0.2) is 49.0 Å². The lowest BCUT2D eigenvalue weighted by Gasteiger charge is -2.33. The van der Waals surface area contributed by atoms with Gasteiger partial charge in [-0.25, -0.2) is 0 Å². The van der Waals surface area contributed by atoms with Crippen molar-refractivity contribution < 1.29 is 9.72 Å². The second-order valence-electron chi connectivity index (χ2n) is 6.67. The molecule has 0 bridgehead atoms. The van der Waals surface area contributed by atoms with E-state index < -0.39 is 4.92 Å². The predicted octanol–water partition coefficient (Wildman–Crippen LogP) is 3.67. The number of nitro groups is 1. The van der Waals surface area contributed by atoms with E-state index in [9.17, 15) is 14.9 Å². The molecule has 0 atom stereocenters. The van der Waals surface area contributed by atoms with E-state index in [1.807, 2.05) is 31.0 Å². The molecule has 0 unspecified atom stereocenters. The first-order valence-electron chi connectivity index (χ1n) is 8.64. The number of halogens is 1. The molecule has 0 saturated carbocycles. The van der Waals surface area contributed by atoms with E-state index in [1.54, 1.807) is 18.2 Å². The van der Waals surface area contributed by atoms with Gasteiger partial charge >= 0.3 is 0 Å². The summed E-state index contributed by atoms with van der Waals surface area (Å²) in [5, 5.41) is 14.4. The summed E-state index contributed by atoms with van der Waals surface area (Å²) in [6.45, 7) is 5.07. The summed E-state index contributed by atoms with van der Waals surface area (Å²) >= 11 is 3.42. The highest BCUT2D eigenvalue weighted by molar-refractivity contribution is 9.10. The first-order valence-corrected chi connectivity index (χ1v) is 9.44. The third-order valence-corrected chi connectivity index (χ3v) is 5.58. The van der Waals surface area contributed by atoms with E-state index in [4.69, 9.17) is 0 Å². The summed E-state index contributed by atoms with van der Waals surface area (Å²) in [6.07, 6.45) is 0. The van der Waals surface area contributed by atoms with Gasteiger partial charge in [-0.15, -0.1) is 0 Å². The van der Waals surface area contributed by atoms with Gasteiger partial charge in [0.1, 0.15) is 5.69 Å². The Morgan fingerprint density at radius 3 is 2.48 bits per heavy atom. The van der Waals surface area contributed by atoms with Crippen molar-refractivity contribution in [1.82, 2.24) is 4.90 Å². The number of hydrogen-bond acceptors (Lipinski definition) is 5. The first-order chi connectivity index (χ1) is 12.8. The molecule has 0 spiro atoms. The summed E-state index contributed by atoms with van der Waals surface area (Å²) in [5.74, 6) is -0.371. The second kappa shape index (κ2) is 8.06. The molecule has 1 aliphatic heterocycles. The van der Waals surface area contributed by atoms with Crippen LogP contribution in [0.1, 0.15) is 15.9 Å². The number of anilines is 2. The van der Waals surface area contributed by atoms with E-state index in [2.05, 4.69) is 26.1 Å². The van der Waals surface area contributed by atoms with Crippen LogP contribution in [0.4, 0.5) is 17.1 Å². The number of hydrogen-bond donors (Lipinski definition) is 1. The number of carbonyl (C=O) groups excluding carboxylic acids is 1. The van der Waals surface area contributed by atoms with Crippen LogP contribution in [0.3, 0.4) is 0 Å². The minimum Gasteiger partial charge on any atom is -0.363 e. The van der Waals surface area contributed by atoms with Crippen molar-refractivity contribution in [2.24, 2.45) is 0 Å². The minimum atomic E-state index is -0.422. The Kier molecular flexibility index (Phi) is 5.76. The van der Waals surface area contributed by atoms with Gasteiger partial charge in [-0.05, 0) is 49.9 Å². The van der Waals surface area contributed by atoms with Crippen LogP contribution >= 0.6 is 15.9 Å². The van der Waals surface area contributed by atoms with Crippen molar-refractivity contribution in [3.8, 4) is 0 Å². The smallest absolute Gasteiger partial charge is 0.293 e. The lowest BCUT2D eigenvalue weighted by molar-refractivity contribution is -0.384. The Hall–Kier alpha value is -2.45. The summed E-state index contributed by atoms with van der Waals surface area (Å²) in [5.41, 5.74) is 2.42. The van der Waals surface area contributed by atoms with E-state index in [0.29, 0.717) is 11.4 Å². The largest absolute Gasteiger partial charge is 0.363 e. The zero-order chi connectivity index (χ0) is 19.6. The van der Waals surface area contributed by atoms with Crippen LogP contribution in [0.5, 0.6) is 0 Å². The number of carbonyl (C=O) groups is 1. The van der Waals surface area contributed by atoms with Gasteiger partial charge in [0.05, 0.1) is 4.92 Å². The van der Waals surface area contributed by atoms with Crippen LogP contribution in [-0.2, 0) is 0 Å². The van der Waals surface area contributed by atoms with Crippen LogP contribution in [0.25, 0.3) is 0 Å². The fourth-order valence-electron chi connectivity index (χ4n) is 3.05. The van der Waals surface area contributed by atoms with Gasteiger partial charge in [0.2, 0.25) is 0 Å². The number of nitrogens with zero attached hydrogens (tertiary/aromatic N) is 3. The molecule has 8 heteroatoms. The molecular weight excluding hydrogens is 412 g/mol. The van der Waals surface area contributed by atoms with Crippen LogP contribution < -0.4 is 10.2 Å². The molecule has 2 aromatic rings. The van der Waals surface area contributed by atoms with Gasteiger partial charge in [-0.1, -0.05) is 15.9 Å². The van der Waals surface area contributed by atoms with E-state index in [0.717, 1.165) is 36.2 Å². The molecule has 1 fully saturated rings. The Balaban J connectivity index is 1.83. The molecule has 1 saturated heterocycles. The number of nitro benzene ring substituents is 1. The molecule has 1 amide bonds. The van der Waals surface area contributed by atoms with Crippen LogP contribution in [0, 0.1) is 17.0 Å². The van der Waals surface area contributed by atoms with Crippen molar-refractivity contribution in [3.05, 3.63) is 62.1 Å². The topological polar surface area (TPSA) is 78.7 Å². The van der Waals surface area contributed by atoms with Gasteiger partial charge in [-0.3, -0.25) is 14.9 Å². The number of benzene rings is 2. The molecule has 27 heavy (non-hydrogen) atoms. The van der Waals surface area contributed by atoms with Gasteiger partial charge in [0.15, 0.2) is 0 Å². The number of amides is 1. The molecule has 1 aliphatic rings. The Bertz CT molecular complexity index is 879. The standard InChI is InChI=1S/C19H21BrN4O3/c1-13-11-15(4-5-16(13)20)21-19(25)14-3-6-17(18(12-14)24(26)27)23-9-7-22(2)8-10-23/h3-6,11-12H,7-10H2,1-2H3,(H,21,25). The summed E-state index contributed by atoms with van der Waals surface area (Å²) < 4.78 is 0.952. The fraction of sp³-hybridized carbons (Fsp3) is 0.316. The number of aryl methyl sites for hydroxylation is 1. The van der Waals surface area contributed by atoms with Crippen molar-refractivity contribution in [2.45, 2.75) is 6.92 Å². The molecular formula is C19H21BrN4O3. The van der Waals surface area contributed by atoms with Gasteiger partial charge in [0.25, 0.3) is 11.6 Å². The highest BCUT2D eigenvalue weighted by Gasteiger charge is 2.24. The first kappa shape index (κ1) is 19.3. The third kappa shape index (κ3) is 4.45. The van der Waals surface area contributed by atoms with Crippen molar-refractivity contribution in [1.29, 1.82) is 0 Å². The maximum absolute atomic E-state index is 12.5. The van der Waals surface area contributed by atoms with E-state index in [-0.39, 0.29) is 17.2 Å². The lowest BCUT2D eigenvalue weighted by atomic mass is 10.1. The Morgan fingerprint density at radius 2 is 1.85 bits per heavy atom. The quantitative estimate of drug-likeness (QED) is 0.588. The molecule has 0 radical (unpaired) electrons. The molecule has 3 rings (SSSR count). The zero-order valence-electron chi connectivity index (χ0n) is 15.2. The third-order valence-electron chi connectivity index (χ3n) is 4.69. The van der Waals surface area contributed by atoms with Gasteiger partial charge < -0.3 is 15.1 Å². The normalized spacial score (nSPS) is 14.9. The number of piperazine rings is 1. The summed E-state index contributed by atoms with van der Waals surface area (Å²) in [7, 11) is 2.03. The van der Waals surface area contributed by atoms with E-state index >= 15 is 0 Å². The van der Waals surface area contributed by atoms with Crippen LogP contribution in [0.15, 0.2) is 40.9 Å². The highest BCUT2D eigenvalue weighted by atomic mass is 79.9. The molecule has 7 nitrogen and oxygen atoms in total. The zero-order valence-corrected chi connectivity index (χ0v) is 16.8. The number of nitrogens with one attached hydrogen (secondary N) is 1. The average molecular weight is 433 g/mol. The van der Waals surface area contributed by atoms with E-state index in [1.165, 1.54) is 6.07 Å². The summed E-state index contributed by atoms with van der Waals surface area (Å²) in [4.78, 5) is 27.9. The lowest BCUT2D eigenvalue weighted by Crippen LogP contribution is -2.44. The maximum Gasteiger partial charge on any atom is 0.293 e. The minimum absolute atomic E-state index is 0.0424. The van der Waals surface area contributed by atoms with Crippen molar-refractivity contribution in [2.75, 3.05) is 43.4 Å². The summed E-state index contributed by atoms with van der Waals surface area (Å²) in [6, 6.07) is 10.1.